The lowest BCUT2D eigenvalue weighted by Crippen LogP contribution is -2.29. The van der Waals surface area contributed by atoms with E-state index in [9.17, 15) is 0 Å². The Morgan fingerprint density at radius 1 is 1.12 bits per heavy atom. The average Bonchev–Trinajstić information content (AvgIpc) is 2.30. The standard InChI is InChI=1S/C15H23N/c1-12(2)13-7-9-14(10-8-13)15-6-4-5-11-16(15)3/h7-10,12,15H,4-6,11H2,1-3H3. The van der Waals surface area contributed by atoms with Gasteiger partial charge in [0.2, 0.25) is 0 Å². The molecule has 1 aliphatic rings. The Morgan fingerprint density at radius 2 is 1.81 bits per heavy atom. The van der Waals surface area contributed by atoms with Crippen LogP contribution in [-0.4, -0.2) is 18.5 Å². The fraction of sp³-hybridized carbons (Fsp3) is 0.600. The first-order chi connectivity index (χ1) is 7.68. The summed E-state index contributed by atoms with van der Waals surface area (Å²) >= 11 is 0. The van der Waals surface area contributed by atoms with Crippen LogP contribution >= 0.6 is 0 Å². The van der Waals surface area contributed by atoms with Crippen molar-refractivity contribution in [1.29, 1.82) is 0 Å². The van der Waals surface area contributed by atoms with Gasteiger partial charge < -0.3 is 0 Å². The molecular formula is C15H23N. The molecule has 1 saturated heterocycles. The Kier molecular flexibility index (Phi) is 3.65. The number of benzene rings is 1. The second-order valence-corrected chi connectivity index (χ2v) is 5.31. The van der Waals surface area contributed by atoms with Crippen molar-refractivity contribution in [2.75, 3.05) is 13.6 Å². The zero-order valence-corrected chi connectivity index (χ0v) is 10.7. The number of hydrogen-bond donors (Lipinski definition) is 0. The summed E-state index contributed by atoms with van der Waals surface area (Å²) in [5.41, 5.74) is 2.94. The van der Waals surface area contributed by atoms with Crippen LogP contribution in [0.3, 0.4) is 0 Å². The zero-order valence-electron chi connectivity index (χ0n) is 10.7. The minimum absolute atomic E-state index is 0.637. The van der Waals surface area contributed by atoms with E-state index in [4.69, 9.17) is 0 Å². The molecule has 1 aromatic carbocycles. The maximum absolute atomic E-state index is 2.49. The number of likely N-dealkylation sites (tertiary alicyclic amines) is 1. The van der Waals surface area contributed by atoms with Gasteiger partial charge in [-0.15, -0.1) is 0 Å². The van der Waals surface area contributed by atoms with Crippen LogP contribution < -0.4 is 0 Å². The number of hydrogen-bond acceptors (Lipinski definition) is 1. The minimum Gasteiger partial charge on any atom is -0.299 e. The Hall–Kier alpha value is -0.820. The molecule has 1 aromatic rings. The quantitative estimate of drug-likeness (QED) is 0.724. The van der Waals surface area contributed by atoms with Crippen molar-refractivity contribution in [3.05, 3.63) is 35.4 Å². The normalized spacial score (nSPS) is 22.6. The maximum atomic E-state index is 2.49. The van der Waals surface area contributed by atoms with Crippen LogP contribution in [0.25, 0.3) is 0 Å². The van der Waals surface area contributed by atoms with Gasteiger partial charge in [-0.25, -0.2) is 0 Å². The van der Waals surface area contributed by atoms with Gasteiger partial charge in [-0.2, -0.15) is 0 Å². The molecule has 0 radical (unpaired) electrons. The molecule has 0 bridgehead atoms. The van der Waals surface area contributed by atoms with Crippen LogP contribution in [-0.2, 0) is 0 Å². The molecule has 1 nitrogen and oxygen atoms in total. The molecule has 0 saturated carbocycles. The van der Waals surface area contributed by atoms with Crippen molar-refractivity contribution in [2.45, 2.75) is 45.1 Å². The molecule has 1 fully saturated rings. The molecule has 1 heterocycles. The lowest BCUT2D eigenvalue weighted by molar-refractivity contribution is 0.187. The van der Waals surface area contributed by atoms with Gasteiger partial charge in [0.25, 0.3) is 0 Å². The minimum atomic E-state index is 0.637. The monoisotopic (exact) mass is 217 g/mol. The summed E-state index contributed by atoms with van der Waals surface area (Å²) in [6.45, 7) is 5.75. The van der Waals surface area contributed by atoms with Gasteiger partial charge in [-0.1, -0.05) is 44.5 Å². The molecule has 88 valence electrons. The Labute approximate surface area is 99.5 Å². The molecule has 16 heavy (non-hydrogen) atoms. The van der Waals surface area contributed by atoms with Crippen molar-refractivity contribution in [1.82, 2.24) is 4.90 Å². The number of rotatable bonds is 2. The van der Waals surface area contributed by atoms with Gasteiger partial charge in [0.1, 0.15) is 0 Å². The van der Waals surface area contributed by atoms with Gasteiger partial charge in [-0.05, 0) is 43.5 Å². The van der Waals surface area contributed by atoms with Crippen molar-refractivity contribution >= 4 is 0 Å². The lowest BCUT2D eigenvalue weighted by atomic mass is 9.93. The summed E-state index contributed by atoms with van der Waals surface area (Å²) in [5.74, 6) is 0.637. The fourth-order valence-corrected chi connectivity index (χ4v) is 2.60. The molecular weight excluding hydrogens is 194 g/mol. The van der Waals surface area contributed by atoms with E-state index in [2.05, 4.69) is 50.1 Å². The molecule has 1 atom stereocenters. The first kappa shape index (κ1) is 11.7. The third-order valence-corrected chi connectivity index (χ3v) is 3.76. The summed E-state index contributed by atoms with van der Waals surface area (Å²) in [4.78, 5) is 2.49. The maximum Gasteiger partial charge on any atom is 0.0345 e. The molecule has 2 rings (SSSR count). The molecule has 0 N–H and O–H groups in total. The average molecular weight is 217 g/mol. The van der Waals surface area contributed by atoms with Gasteiger partial charge in [0, 0.05) is 6.04 Å². The SMILES string of the molecule is CC(C)c1ccc(C2CCCCN2C)cc1. The van der Waals surface area contributed by atoms with Crippen molar-refractivity contribution < 1.29 is 0 Å². The summed E-state index contributed by atoms with van der Waals surface area (Å²) in [6.07, 6.45) is 4.05. The topological polar surface area (TPSA) is 3.24 Å². The first-order valence-corrected chi connectivity index (χ1v) is 6.48. The van der Waals surface area contributed by atoms with Crippen LogP contribution in [0.1, 0.15) is 56.2 Å². The predicted octanol–water partition coefficient (Wildman–Crippen LogP) is 3.97. The highest BCUT2D eigenvalue weighted by molar-refractivity contribution is 5.27. The van der Waals surface area contributed by atoms with E-state index < -0.39 is 0 Å². The highest BCUT2D eigenvalue weighted by atomic mass is 15.1. The fourth-order valence-electron chi connectivity index (χ4n) is 2.60. The van der Waals surface area contributed by atoms with E-state index in [1.165, 1.54) is 36.9 Å². The highest BCUT2D eigenvalue weighted by Crippen LogP contribution is 2.30. The predicted molar refractivity (Wildman–Crippen MR) is 69.8 cm³/mol. The molecule has 0 amide bonds. The summed E-state index contributed by atoms with van der Waals surface area (Å²) in [6, 6.07) is 9.88. The molecule has 0 aromatic heterocycles. The second-order valence-electron chi connectivity index (χ2n) is 5.31. The van der Waals surface area contributed by atoms with Crippen molar-refractivity contribution in [2.24, 2.45) is 0 Å². The van der Waals surface area contributed by atoms with Crippen molar-refractivity contribution in [3.8, 4) is 0 Å². The number of piperidine rings is 1. The van der Waals surface area contributed by atoms with Crippen LogP contribution in [0, 0.1) is 0 Å². The highest BCUT2D eigenvalue weighted by Gasteiger charge is 2.20. The molecule has 1 aliphatic heterocycles. The van der Waals surface area contributed by atoms with Gasteiger partial charge in [0.15, 0.2) is 0 Å². The van der Waals surface area contributed by atoms with Crippen LogP contribution in [0.2, 0.25) is 0 Å². The second kappa shape index (κ2) is 5.01. The van der Waals surface area contributed by atoms with Gasteiger partial charge >= 0.3 is 0 Å². The van der Waals surface area contributed by atoms with E-state index in [1.54, 1.807) is 0 Å². The van der Waals surface area contributed by atoms with E-state index in [1.807, 2.05) is 0 Å². The zero-order chi connectivity index (χ0) is 11.5. The Bertz CT molecular complexity index is 326. The Morgan fingerprint density at radius 3 is 2.38 bits per heavy atom. The summed E-state index contributed by atoms with van der Waals surface area (Å²) in [5, 5.41) is 0. The lowest BCUT2D eigenvalue weighted by Gasteiger charge is -2.32. The van der Waals surface area contributed by atoms with Gasteiger partial charge in [-0.3, -0.25) is 4.90 Å². The first-order valence-electron chi connectivity index (χ1n) is 6.48. The van der Waals surface area contributed by atoms with Crippen LogP contribution in [0.5, 0.6) is 0 Å². The van der Waals surface area contributed by atoms with E-state index in [0.717, 1.165) is 0 Å². The number of nitrogens with zero attached hydrogens (tertiary/aromatic N) is 1. The third kappa shape index (κ3) is 2.46. The summed E-state index contributed by atoms with van der Waals surface area (Å²) in [7, 11) is 2.25. The third-order valence-electron chi connectivity index (χ3n) is 3.76. The largest absolute Gasteiger partial charge is 0.299 e. The molecule has 1 heteroatoms. The van der Waals surface area contributed by atoms with Crippen molar-refractivity contribution in [3.63, 3.8) is 0 Å². The van der Waals surface area contributed by atoms with Gasteiger partial charge in [0.05, 0.1) is 0 Å². The molecule has 1 unspecified atom stereocenters. The Balaban J connectivity index is 2.14. The van der Waals surface area contributed by atoms with Crippen LogP contribution in [0.4, 0.5) is 0 Å². The molecule has 0 spiro atoms. The smallest absolute Gasteiger partial charge is 0.0345 e. The van der Waals surface area contributed by atoms with E-state index >= 15 is 0 Å². The van der Waals surface area contributed by atoms with E-state index in [-0.39, 0.29) is 0 Å². The summed E-state index contributed by atoms with van der Waals surface area (Å²) < 4.78 is 0. The molecule has 0 aliphatic carbocycles. The van der Waals surface area contributed by atoms with E-state index in [0.29, 0.717) is 12.0 Å². The van der Waals surface area contributed by atoms with Crippen LogP contribution in [0.15, 0.2) is 24.3 Å².